The Balaban J connectivity index is 2.16. The van der Waals surface area contributed by atoms with Crippen LogP contribution in [0.3, 0.4) is 0 Å². The number of aromatic nitrogens is 1. The van der Waals surface area contributed by atoms with E-state index in [2.05, 4.69) is 10.5 Å². The molecule has 2 heterocycles. The summed E-state index contributed by atoms with van der Waals surface area (Å²) in [6.45, 7) is 3.99. The topological polar surface area (TPSA) is 75.4 Å². The Labute approximate surface area is 98.9 Å². The van der Waals surface area contributed by atoms with Crippen molar-refractivity contribution in [3.63, 3.8) is 0 Å². The summed E-state index contributed by atoms with van der Waals surface area (Å²) in [6, 6.07) is 1.68. The number of amides is 2. The molecule has 1 aliphatic rings. The van der Waals surface area contributed by atoms with Gasteiger partial charge in [-0.3, -0.25) is 9.59 Å². The van der Waals surface area contributed by atoms with Crippen LogP contribution < -0.4 is 5.32 Å². The fourth-order valence-corrected chi connectivity index (χ4v) is 1.88. The van der Waals surface area contributed by atoms with Gasteiger partial charge in [0.1, 0.15) is 24.0 Å². The third-order valence-corrected chi connectivity index (χ3v) is 3.06. The third kappa shape index (κ3) is 2.15. The van der Waals surface area contributed by atoms with E-state index in [0.29, 0.717) is 18.7 Å². The van der Waals surface area contributed by atoms with Crippen LogP contribution in [0.25, 0.3) is 0 Å². The Morgan fingerprint density at radius 3 is 2.94 bits per heavy atom. The molecule has 0 radical (unpaired) electrons. The van der Waals surface area contributed by atoms with Gasteiger partial charge >= 0.3 is 0 Å². The van der Waals surface area contributed by atoms with Gasteiger partial charge in [0.05, 0.1) is 6.54 Å². The molecular weight excluding hydrogens is 222 g/mol. The second kappa shape index (κ2) is 4.20. The molecule has 0 aromatic carbocycles. The molecule has 92 valence electrons. The summed E-state index contributed by atoms with van der Waals surface area (Å²) in [7, 11) is 0. The summed E-state index contributed by atoms with van der Waals surface area (Å²) < 4.78 is 4.71. The second-order valence-corrected chi connectivity index (χ2v) is 4.39. The number of carbonyl (C=O) groups excluding carboxylic acids is 2. The highest BCUT2D eigenvalue weighted by atomic mass is 16.5. The van der Waals surface area contributed by atoms with E-state index in [1.54, 1.807) is 13.0 Å². The largest absolute Gasteiger partial charge is 0.364 e. The Morgan fingerprint density at radius 2 is 2.35 bits per heavy atom. The molecule has 17 heavy (non-hydrogen) atoms. The molecule has 0 aliphatic carbocycles. The van der Waals surface area contributed by atoms with Gasteiger partial charge in [0.2, 0.25) is 11.8 Å². The van der Waals surface area contributed by atoms with Crippen LogP contribution in [0.15, 0.2) is 16.9 Å². The van der Waals surface area contributed by atoms with Crippen LogP contribution in [0, 0.1) is 0 Å². The van der Waals surface area contributed by atoms with E-state index in [4.69, 9.17) is 4.52 Å². The predicted octanol–water partition coefficient (Wildman–Crippen LogP) is 0.302. The van der Waals surface area contributed by atoms with Gasteiger partial charge in [-0.2, -0.15) is 0 Å². The number of piperazine rings is 1. The summed E-state index contributed by atoms with van der Waals surface area (Å²) in [6.07, 6.45) is 2.01. The Morgan fingerprint density at radius 1 is 1.59 bits per heavy atom. The van der Waals surface area contributed by atoms with Crippen LogP contribution in [0.5, 0.6) is 0 Å². The van der Waals surface area contributed by atoms with Crippen molar-refractivity contribution >= 4 is 11.8 Å². The highest BCUT2D eigenvalue weighted by Crippen LogP contribution is 2.19. The van der Waals surface area contributed by atoms with Crippen molar-refractivity contribution in [2.24, 2.45) is 0 Å². The molecule has 1 fully saturated rings. The molecule has 1 aliphatic heterocycles. The van der Waals surface area contributed by atoms with Crippen LogP contribution in [0.4, 0.5) is 0 Å². The van der Waals surface area contributed by atoms with Crippen LogP contribution in [-0.2, 0) is 16.1 Å². The SMILES string of the molecule is CCC1(C)NC(=O)CN(Cc2ccon2)C1=O. The molecule has 1 saturated heterocycles. The average Bonchev–Trinajstić information content (AvgIpc) is 2.78. The van der Waals surface area contributed by atoms with Crippen LogP contribution in [-0.4, -0.2) is 34.0 Å². The maximum absolute atomic E-state index is 12.2. The summed E-state index contributed by atoms with van der Waals surface area (Å²) >= 11 is 0. The number of nitrogens with zero attached hydrogens (tertiary/aromatic N) is 2. The van der Waals surface area contributed by atoms with Gasteiger partial charge in [0.25, 0.3) is 0 Å². The average molecular weight is 237 g/mol. The lowest BCUT2D eigenvalue weighted by atomic mass is 9.94. The van der Waals surface area contributed by atoms with E-state index in [0.717, 1.165) is 0 Å². The van der Waals surface area contributed by atoms with E-state index >= 15 is 0 Å². The molecule has 1 aromatic heterocycles. The number of nitrogens with one attached hydrogen (secondary N) is 1. The van der Waals surface area contributed by atoms with Gasteiger partial charge in [-0.05, 0) is 13.3 Å². The Hall–Kier alpha value is -1.85. The normalized spacial score (nSPS) is 24.9. The van der Waals surface area contributed by atoms with Crippen LogP contribution in [0.1, 0.15) is 26.0 Å². The standard InChI is InChI=1S/C11H15N3O3/c1-3-11(2)10(16)14(7-9(15)12-11)6-8-4-5-17-13-8/h4-5H,3,6-7H2,1-2H3,(H,12,15). The first-order valence-corrected chi connectivity index (χ1v) is 5.55. The number of hydrogen-bond acceptors (Lipinski definition) is 4. The first kappa shape index (κ1) is 11.6. The molecule has 1 N–H and O–H groups in total. The first-order chi connectivity index (χ1) is 8.05. The van der Waals surface area contributed by atoms with Gasteiger partial charge in [0.15, 0.2) is 0 Å². The molecule has 2 amide bonds. The lowest BCUT2D eigenvalue weighted by Gasteiger charge is -2.38. The Bertz CT molecular complexity index is 429. The minimum Gasteiger partial charge on any atom is -0.364 e. The van der Waals surface area contributed by atoms with Crippen molar-refractivity contribution < 1.29 is 14.1 Å². The smallest absolute Gasteiger partial charge is 0.248 e. The maximum atomic E-state index is 12.2. The molecule has 0 spiro atoms. The van der Waals surface area contributed by atoms with Crippen molar-refractivity contribution in [3.8, 4) is 0 Å². The van der Waals surface area contributed by atoms with Gasteiger partial charge < -0.3 is 14.7 Å². The van der Waals surface area contributed by atoms with Crippen molar-refractivity contribution in [3.05, 3.63) is 18.0 Å². The van der Waals surface area contributed by atoms with Crippen molar-refractivity contribution in [1.29, 1.82) is 0 Å². The fourth-order valence-electron chi connectivity index (χ4n) is 1.88. The van der Waals surface area contributed by atoms with E-state index in [-0.39, 0.29) is 18.4 Å². The van der Waals surface area contributed by atoms with Crippen LogP contribution in [0.2, 0.25) is 0 Å². The highest BCUT2D eigenvalue weighted by Gasteiger charge is 2.41. The minimum atomic E-state index is -0.806. The third-order valence-electron chi connectivity index (χ3n) is 3.06. The lowest BCUT2D eigenvalue weighted by Crippen LogP contribution is -2.64. The van der Waals surface area contributed by atoms with Gasteiger partial charge in [-0.15, -0.1) is 0 Å². The highest BCUT2D eigenvalue weighted by molar-refractivity contribution is 5.97. The van der Waals surface area contributed by atoms with Gasteiger partial charge in [-0.25, -0.2) is 0 Å². The molecule has 1 atom stereocenters. The zero-order valence-corrected chi connectivity index (χ0v) is 9.90. The van der Waals surface area contributed by atoms with Crippen molar-refractivity contribution in [2.45, 2.75) is 32.4 Å². The molecule has 0 bridgehead atoms. The van der Waals surface area contributed by atoms with E-state index in [9.17, 15) is 9.59 Å². The molecule has 1 aromatic rings. The van der Waals surface area contributed by atoms with Crippen molar-refractivity contribution in [2.75, 3.05) is 6.54 Å². The molecule has 6 nitrogen and oxygen atoms in total. The quantitative estimate of drug-likeness (QED) is 0.820. The van der Waals surface area contributed by atoms with Crippen molar-refractivity contribution in [1.82, 2.24) is 15.4 Å². The summed E-state index contributed by atoms with van der Waals surface area (Å²) in [5, 5.41) is 6.47. The fraction of sp³-hybridized carbons (Fsp3) is 0.545. The summed E-state index contributed by atoms with van der Waals surface area (Å²) in [5.41, 5.74) is -0.162. The van der Waals surface area contributed by atoms with Crippen LogP contribution >= 0.6 is 0 Å². The lowest BCUT2D eigenvalue weighted by molar-refractivity contribution is -0.150. The monoisotopic (exact) mass is 237 g/mol. The molecule has 2 rings (SSSR count). The number of hydrogen-bond donors (Lipinski definition) is 1. The molecule has 0 saturated carbocycles. The summed E-state index contributed by atoms with van der Waals surface area (Å²) in [4.78, 5) is 25.3. The molecule has 6 heteroatoms. The molecular formula is C11H15N3O3. The Kier molecular flexibility index (Phi) is 2.87. The first-order valence-electron chi connectivity index (χ1n) is 5.55. The van der Waals surface area contributed by atoms with E-state index in [1.807, 2.05) is 6.92 Å². The van der Waals surface area contributed by atoms with E-state index < -0.39 is 5.54 Å². The molecule has 1 unspecified atom stereocenters. The minimum absolute atomic E-state index is 0.0707. The summed E-state index contributed by atoms with van der Waals surface area (Å²) in [5.74, 6) is -0.222. The van der Waals surface area contributed by atoms with E-state index in [1.165, 1.54) is 11.2 Å². The number of rotatable bonds is 3. The predicted molar refractivity (Wildman–Crippen MR) is 58.8 cm³/mol. The van der Waals surface area contributed by atoms with Gasteiger partial charge in [-0.1, -0.05) is 12.1 Å². The van der Waals surface area contributed by atoms with Gasteiger partial charge in [0, 0.05) is 6.07 Å². The number of carbonyl (C=O) groups is 2. The zero-order valence-electron chi connectivity index (χ0n) is 9.90. The second-order valence-electron chi connectivity index (χ2n) is 4.39. The maximum Gasteiger partial charge on any atom is 0.248 e. The zero-order chi connectivity index (χ0) is 12.5.